The Morgan fingerprint density at radius 2 is 2.12 bits per heavy atom. The third-order valence-corrected chi connectivity index (χ3v) is 2.66. The predicted molar refractivity (Wildman–Crippen MR) is 62.1 cm³/mol. The second-order valence-corrected chi connectivity index (χ2v) is 3.85. The molecule has 0 saturated carbocycles. The fourth-order valence-corrected chi connectivity index (χ4v) is 1.69. The Labute approximate surface area is 96.9 Å². The second-order valence-electron chi connectivity index (χ2n) is 3.85. The Morgan fingerprint density at radius 3 is 2.82 bits per heavy atom. The van der Waals surface area contributed by atoms with Crippen molar-refractivity contribution in [1.29, 1.82) is 0 Å². The van der Waals surface area contributed by atoms with Gasteiger partial charge in [-0.05, 0) is 6.92 Å². The van der Waals surface area contributed by atoms with E-state index in [2.05, 4.69) is 20.3 Å². The Morgan fingerprint density at radius 1 is 1.29 bits per heavy atom. The standard InChI is InChI=1S/C10H11N7/c1-6-3-8-14-15-10(17(8)5-12-6)7-4-13-16(2)9(7)11/h3-5H,11H2,1-2H3. The minimum absolute atomic E-state index is 0.555. The molecule has 0 bridgehead atoms. The SMILES string of the molecule is Cc1cc2nnc(-c3cnn(C)c3N)n2cn1. The third kappa shape index (κ3) is 1.36. The first-order valence-corrected chi connectivity index (χ1v) is 5.12. The molecule has 0 amide bonds. The lowest BCUT2D eigenvalue weighted by atomic mass is 10.3. The van der Waals surface area contributed by atoms with Gasteiger partial charge in [-0.25, -0.2) is 4.98 Å². The molecule has 86 valence electrons. The molecule has 3 aromatic heterocycles. The highest BCUT2D eigenvalue weighted by molar-refractivity contribution is 5.69. The summed E-state index contributed by atoms with van der Waals surface area (Å²) in [6, 6.07) is 1.86. The highest BCUT2D eigenvalue weighted by atomic mass is 15.3. The van der Waals surface area contributed by atoms with Crippen molar-refractivity contribution < 1.29 is 0 Å². The molecule has 0 aliphatic heterocycles. The minimum atomic E-state index is 0.555. The molecule has 7 heteroatoms. The van der Waals surface area contributed by atoms with E-state index < -0.39 is 0 Å². The molecule has 0 unspecified atom stereocenters. The van der Waals surface area contributed by atoms with Crippen LogP contribution in [0.3, 0.4) is 0 Å². The molecule has 0 spiro atoms. The van der Waals surface area contributed by atoms with Crippen LogP contribution in [0.25, 0.3) is 17.0 Å². The normalized spacial score (nSPS) is 11.2. The summed E-state index contributed by atoms with van der Waals surface area (Å²) in [5.41, 5.74) is 8.31. The van der Waals surface area contributed by atoms with Gasteiger partial charge in [-0.2, -0.15) is 5.10 Å². The molecule has 0 aliphatic rings. The van der Waals surface area contributed by atoms with Crippen molar-refractivity contribution in [3.63, 3.8) is 0 Å². The number of rotatable bonds is 1. The summed E-state index contributed by atoms with van der Waals surface area (Å²) in [4.78, 5) is 4.22. The van der Waals surface area contributed by atoms with Crippen LogP contribution in [0.4, 0.5) is 5.82 Å². The van der Waals surface area contributed by atoms with Crippen LogP contribution in [0.15, 0.2) is 18.6 Å². The van der Waals surface area contributed by atoms with E-state index in [4.69, 9.17) is 5.73 Å². The van der Waals surface area contributed by atoms with Crippen molar-refractivity contribution in [2.45, 2.75) is 6.92 Å². The predicted octanol–water partition coefficient (Wildman–Crippen LogP) is 0.415. The molecule has 0 fully saturated rings. The van der Waals surface area contributed by atoms with E-state index in [1.165, 1.54) is 0 Å². The van der Waals surface area contributed by atoms with E-state index in [-0.39, 0.29) is 0 Å². The lowest BCUT2D eigenvalue weighted by molar-refractivity contribution is 0.779. The number of aromatic nitrogens is 6. The van der Waals surface area contributed by atoms with E-state index in [1.54, 1.807) is 28.7 Å². The van der Waals surface area contributed by atoms with Crippen LogP contribution in [0.2, 0.25) is 0 Å². The lowest BCUT2D eigenvalue weighted by Gasteiger charge is -1.99. The van der Waals surface area contributed by atoms with Crippen molar-refractivity contribution in [3.05, 3.63) is 24.3 Å². The van der Waals surface area contributed by atoms with E-state index in [1.807, 2.05) is 13.0 Å². The zero-order valence-corrected chi connectivity index (χ0v) is 9.49. The van der Waals surface area contributed by atoms with Crippen LogP contribution in [0.1, 0.15) is 5.69 Å². The molecule has 0 aromatic carbocycles. The Kier molecular flexibility index (Phi) is 1.88. The van der Waals surface area contributed by atoms with E-state index in [0.29, 0.717) is 11.6 Å². The zero-order valence-electron chi connectivity index (χ0n) is 9.49. The van der Waals surface area contributed by atoms with Crippen LogP contribution >= 0.6 is 0 Å². The quantitative estimate of drug-likeness (QED) is 0.653. The van der Waals surface area contributed by atoms with Gasteiger partial charge in [0.15, 0.2) is 11.5 Å². The van der Waals surface area contributed by atoms with Crippen LogP contribution in [-0.2, 0) is 7.05 Å². The summed E-state index contributed by atoms with van der Waals surface area (Å²) in [5.74, 6) is 1.21. The van der Waals surface area contributed by atoms with Crippen molar-refractivity contribution in [1.82, 2.24) is 29.4 Å². The average molecular weight is 229 g/mol. The number of hydrogen-bond donors (Lipinski definition) is 1. The van der Waals surface area contributed by atoms with Crippen molar-refractivity contribution >= 4 is 11.5 Å². The number of fused-ring (bicyclic) bond motifs is 1. The number of anilines is 1. The maximum absolute atomic E-state index is 5.91. The van der Waals surface area contributed by atoms with Gasteiger partial charge in [0.25, 0.3) is 0 Å². The summed E-state index contributed by atoms with van der Waals surface area (Å²) in [6.45, 7) is 1.91. The topological polar surface area (TPSA) is 86.9 Å². The number of hydrogen-bond acceptors (Lipinski definition) is 5. The summed E-state index contributed by atoms with van der Waals surface area (Å²) in [6.07, 6.45) is 3.36. The highest BCUT2D eigenvalue weighted by Crippen LogP contribution is 2.23. The number of nitrogens with two attached hydrogens (primary N) is 1. The smallest absolute Gasteiger partial charge is 0.174 e. The monoisotopic (exact) mass is 229 g/mol. The van der Waals surface area contributed by atoms with Gasteiger partial charge < -0.3 is 5.73 Å². The van der Waals surface area contributed by atoms with Crippen molar-refractivity contribution in [3.8, 4) is 11.4 Å². The van der Waals surface area contributed by atoms with Gasteiger partial charge in [-0.15, -0.1) is 10.2 Å². The van der Waals surface area contributed by atoms with Crippen molar-refractivity contribution in [2.75, 3.05) is 5.73 Å². The molecule has 3 heterocycles. The zero-order chi connectivity index (χ0) is 12.0. The lowest BCUT2D eigenvalue weighted by Crippen LogP contribution is -1.99. The first kappa shape index (κ1) is 9.76. The van der Waals surface area contributed by atoms with Gasteiger partial charge in [0.1, 0.15) is 12.1 Å². The van der Waals surface area contributed by atoms with Gasteiger partial charge in [0.05, 0.1) is 11.8 Å². The van der Waals surface area contributed by atoms with Gasteiger partial charge in [-0.1, -0.05) is 0 Å². The molecule has 0 aliphatic carbocycles. The fraction of sp³-hybridized carbons (Fsp3) is 0.200. The number of nitrogens with zero attached hydrogens (tertiary/aromatic N) is 6. The molecular formula is C10H11N7. The minimum Gasteiger partial charge on any atom is -0.383 e. The molecule has 0 radical (unpaired) electrons. The van der Waals surface area contributed by atoms with Crippen molar-refractivity contribution in [2.24, 2.45) is 7.05 Å². The molecular weight excluding hydrogens is 218 g/mol. The van der Waals surface area contributed by atoms with Gasteiger partial charge in [0, 0.05) is 18.8 Å². The maximum Gasteiger partial charge on any atom is 0.174 e. The summed E-state index contributed by atoms with van der Waals surface area (Å²) < 4.78 is 3.39. The highest BCUT2D eigenvalue weighted by Gasteiger charge is 2.14. The number of aryl methyl sites for hydroxylation is 2. The molecule has 7 nitrogen and oxygen atoms in total. The van der Waals surface area contributed by atoms with Crippen LogP contribution in [0, 0.1) is 6.92 Å². The second kappa shape index (κ2) is 3.27. The first-order chi connectivity index (χ1) is 8.16. The first-order valence-electron chi connectivity index (χ1n) is 5.12. The molecule has 0 atom stereocenters. The maximum atomic E-state index is 5.91. The van der Waals surface area contributed by atoms with E-state index >= 15 is 0 Å². The van der Waals surface area contributed by atoms with Gasteiger partial charge >= 0.3 is 0 Å². The van der Waals surface area contributed by atoms with Gasteiger partial charge in [0.2, 0.25) is 0 Å². The third-order valence-electron chi connectivity index (χ3n) is 2.66. The molecule has 3 rings (SSSR count). The van der Waals surface area contributed by atoms with Crippen LogP contribution in [-0.4, -0.2) is 29.4 Å². The Hall–Kier alpha value is -2.44. The number of nitrogen functional groups attached to an aromatic ring is 1. The van der Waals surface area contributed by atoms with Crippen LogP contribution < -0.4 is 5.73 Å². The largest absolute Gasteiger partial charge is 0.383 e. The summed E-state index contributed by atoms with van der Waals surface area (Å²) in [7, 11) is 1.78. The molecule has 17 heavy (non-hydrogen) atoms. The summed E-state index contributed by atoms with van der Waals surface area (Å²) in [5, 5.41) is 12.3. The molecule has 0 saturated heterocycles. The fourth-order valence-electron chi connectivity index (χ4n) is 1.69. The van der Waals surface area contributed by atoms with E-state index in [9.17, 15) is 0 Å². The average Bonchev–Trinajstić information content (AvgIpc) is 2.84. The summed E-state index contributed by atoms with van der Waals surface area (Å²) >= 11 is 0. The Balaban J connectivity index is 2.28. The molecule has 2 N–H and O–H groups in total. The van der Waals surface area contributed by atoms with Gasteiger partial charge in [-0.3, -0.25) is 9.08 Å². The van der Waals surface area contributed by atoms with E-state index in [0.717, 1.165) is 16.9 Å². The van der Waals surface area contributed by atoms with Crippen LogP contribution in [0.5, 0.6) is 0 Å². The Bertz CT molecular complexity index is 694. The molecule has 3 aromatic rings.